The Morgan fingerprint density at radius 2 is 2.25 bits per heavy atom. The molecule has 2 aromatic rings. The van der Waals surface area contributed by atoms with E-state index in [1.165, 1.54) is 0 Å². The van der Waals surface area contributed by atoms with E-state index < -0.39 is 0 Å². The van der Waals surface area contributed by atoms with Gasteiger partial charge in [-0.05, 0) is 24.3 Å². The maximum absolute atomic E-state index is 5.57. The minimum absolute atomic E-state index is 0.530. The SMILES string of the molecule is Nc1ccn(CCOc2cccc(Br)c2)n1. The number of hydrogen-bond donors (Lipinski definition) is 1. The Kier molecular flexibility index (Phi) is 3.46. The lowest BCUT2D eigenvalue weighted by Crippen LogP contribution is -2.08. The second-order valence-corrected chi connectivity index (χ2v) is 4.23. The first kappa shape index (κ1) is 11.0. The van der Waals surface area contributed by atoms with Crippen molar-refractivity contribution in [2.75, 3.05) is 12.3 Å². The summed E-state index contributed by atoms with van der Waals surface area (Å²) >= 11 is 3.39. The Morgan fingerprint density at radius 3 is 2.94 bits per heavy atom. The van der Waals surface area contributed by atoms with Crippen molar-refractivity contribution in [3.05, 3.63) is 41.0 Å². The molecule has 0 saturated heterocycles. The van der Waals surface area contributed by atoms with Crippen LogP contribution < -0.4 is 10.5 Å². The van der Waals surface area contributed by atoms with Crippen LogP contribution >= 0.6 is 15.9 Å². The van der Waals surface area contributed by atoms with Crippen LogP contribution in [-0.4, -0.2) is 16.4 Å². The van der Waals surface area contributed by atoms with Crippen LogP contribution in [0.5, 0.6) is 5.75 Å². The fraction of sp³-hybridized carbons (Fsp3) is 0.182. The van der Waals surface area contributed by atoms with Gasteiger partial charge in [-0.3, -0.25) is 4.68 Å². The molecule has 84 valence electrons. The summed E-state index contributed by atoms with van der Waals surface area (Å²) in [5.41, 5.74) is 5.50. The minimum Gasteiger partial charge on any atom is -0.492 e. The van der Waals surface area contributed by atoms with Crippen molar-refractivity contribution >= 4 is 21.7 Å². The summed E-state index contributed by atoms with van der Waals surface area (Å²) in [6, 6.07) is 9.51. The first-order chi connectivity index (χ1) is 7.74. The molecule has 0 amide bonds. The predicted molar refractivity (Wildman–Crippen MR) is 66.3 cm³/mol. The molecule has 0 fully saturated rings. The van der Waals surface area contributed by atoms with Crippen LogP contribution in [-0.2, 0) is 6.54 Å². The molecular weight excluding hydrogens is 270 g/mol. The van der Waals surface area contributed by atoms with E-state index in [0.29, 0.717) is 19.0 Å². The zero-order valence-electron chi connectivity index (χ0n) is 8.64. The number of rotatable bonds is 4. The summed E-state index contributed by atoms with van der Waals surface area (Å²) in [6.45, 7) is 1.25. The molecule has 0 saturated carbocycles. The van der Waals surface area contributed by atoms with Crippen molar-refractivity contribution in [2.24, 2.45) is 0 Å². The van der Waals surface area contributed by atoms with Gasteiger partial charge >= 0.3 is 0 Å². The number of aromatic nitrogens is 2. The van der Waals surface area contributed by atoms with Crippen LogP contribution in [0, 0.1) is 0 Å². The summed E-state index contributed by atoms with van der Waals surface area (Å²) < 4.78 is 8.33. The molecule has 5 heteroatoms. The van der Waals surface area contributed by atoms with Gasteiger partial charge in [-0.15, -0.1) is 0 Å². The van der Waals surface area contributed by atoms with Gasteiger partial charge in [-0.25, -0.2) is 0 Å². The van der Waals surface area contributed by atoms with Gasteiger partial charge in [0.2, 0.25) is 0 Å². The van der Waals surface area contributed by atoms with Crippen molar-refractivity contribution in [1.82, 2.24) is 9.78 Å². The van der Waals surface area contributed by atoms with Crippen molar-refractivity contribution in [2.45, 2.75) is 6.54 Å². The highest BCUT2D eigenvalue weighted by atomic mass is 79.9. The van der Waals surface area contributed by atoms with Crippen molar-refractivity contribution in [1.29, 1.82) is 0 Å². The minimum atomic E-state index is 0.530. The lowest BCUT2D eigenvalue weighted by Gasteiger charge is -2.06. The Labute approximate surface area is 102 Å². The number of nitrogens with two attached hydrogens (primary N) is 1. The molecular formula is C11H12BrN3O. The van der Waals surface area contributed by atoms with Crippen molar-refractivity contribution < 1.29 is 4.74 Å². The van der Waals surface area contributed by atoms with Crippen molar-refractivity contribution in [3.8, 4) is 5.75 Å². The molecule has 0 atom stereocenters. The third kappa shape index (κ3) is 3.00. The lowest BCUT2D eigenvalue weighted by atomic mass is 10.3. The number of benzene rings is 1. The van der Waals surface area contributed by atoms with E-state index >= 15 is 0 Å². The third-order valence-electron chi connectivity index (χ3n) is 2.05. The van der Waals surface area contributed by atoms with Crippen LogP contribution in [0.3, 0.4) is 0 Å². The van der Waals surface area contributed by atoms with Crippen LogP contribution in [0.2, 0.25) is 0 Å². The second-order valence-electron chi connectivity index (χ2n) is 3.31. The average molecular weight is 282 g/mol. The van der Waals surface area contributed by atoms with Crippen molar-refractivity contribution in [3.63, 3.8) is 0 Å². The molecule has 0 bridgehead atoms. The molecule has 0 radical (unpaired) electrons. The first-order valence-electron chi connectivity index (χ1n) is 4.91. The average Bonchev–Trinajstić information content (AvgIpc) is 2.64. The molecule has 1 aromatic heterocycles. The van der Waals surface area contributed by atoms with Crippen LogP contribution in [0.15, 0.2) is 41.0 Å². The maximum Gasteiger partial charge on any atom is 0.145 e. The highest BCUT2D eigenvalue weighted by Gasteiger charge is 1.97. The fourth-order valence-corrected chi connectivity index (χ4v) is 1.69. The first-order valence-corrected chi connectivity index (χ1v) is 5.70. The molecule has 0 aliphatic rings. The number of halogens is 1. The topological polar surface area (TPSA) is 53.1 Å². The quantitative estimate of drug-likeness (QED) is 0.936. The van der Waals surface area contributed by atoms with Gasteiger partial charge in [0.25, 0.3) is 0 Å². The number of nitrogens with zero attached hydrogens (tertiary/aromatic N) is 2. The zero-order valence-corrected chi connectivity index (χ0v) is 10.2. The van der Waals surface area contributed by atoms with Gasteiger partial charge in [0.15, 0.2) is 0 Å². The molecule has 1 aromatic carbocycles. The van der Waals surface area contributed by atoms with E-state index in [4.69, 9.17) is 10.5 Å². The van der Waals surface area contributed by atoms with E-state index in [1.807, 2.05) is 30.5 Å². The highest BCUT2D eigenvalue weighted by molar-refractivity contribution is 9.10. The largest absolute Gasteiger partial charge is 0.492 e. The molecule has 0 spiro atoms. The Bertz CT molecular complexity index is 470. The molecule has 2 N–H and O–H groups in total. The van der Waals surface area contributed by atoms with E-state index in [0.717, 1.165) is 10.2 Å². The smallest absolute Gasteiger partial charge is 0.145 e. The van der Waals surface area contributed by atoms with Gasteiger partial charge in [-0.1, -0.05) is 22.0 Å². The monoisotopic (exact) mass is 281 g/mol. The summed E-state index contributed by atoms with van der Waals surface area (Å²) in [5, 5.41) is 4.06. The Morgan fingerprint density at radius 1 is 1.38 bits per heavy atom. The van der Waals surface area contributed by atoms with Crippen LogP contribution in [0.25, 0.3) is 0 Å². The number of hydrogen-bond acceptors (Lipinski definition) is 3. The lowest BCUT2D eigenvalue weighted by molar-refractivity contribution is 0.291. The molecule has 2 rings (SSSR count). The number of anilines is 1. The van der Waals surface area contributed by atoms with Gasteiger partial charge in [0, 0.05) is 10.7 Å². The maximum atomic E-state index is 5.57. The molecule has 4 nitrogen and oxygen atoms in total. The number of ether oxygens (including phenoxy) is 1. The predicted octanol–water partition coefficient (Wildman–Crippen LogP) is 2.31. The standard InChI is InChI=1S/C11H12BrN3O/c12-9-2-1-3-10(8-9)16-7-6-15-5-4-11(13)14-15/h1-5,8H,6-7H2,(H2,13,14). The molecule has 0 aliphatic carbocycles. The van der Waals surface area contributed by atoms with Gasteiger partial charge in [0.1, 0.15) is 18.2 Å². The molecule has 1 heterocycles. The third-order valence-corrected chi connectivity index (χ3v) is 2.54. The normalized spacial score (nSPS) is 10.3. The van der Waals surface area contributed by atoms with E-state index in [2.05, 4.69) is 21.0 Å². The Hall–Kier alpha value is -1.49. The summed E-state index contributed by atoms with van der Waals surface area (Å²) in [7, 11) is 0. The van der Waals surface area contributed by atoms with Crippen LogP contribution in [0.1, 0.15) is 0 Å². The fourth-order valence-electron chi connectivity index (χ4n) is 1.32. The molecule has 0 aliphatic heterocycles. The highest BCUT2D eigenvalue weighted by Crippen LogP contribution is 2.17. The molecule has 16 heavy (non-hydrogen) atoms. The number of nitrogen functional groups attached to an aromatic ring is 1. The summed E-state index contributed by atoms with van der Waals surface area (Å²) in [6.07, 6.45) is 1.83. The van der Waals surface area contributed by atoms with E-state index in [9.17, 15) is 0 Å². The van der Waals surface area contributed by atoms with Crippen LogP contribution in [0.4, 0.5) is 5.82 Å². The van der Waals surface area contributed by atoms with Gasteiger partial charge in [0.05, 0.1) is 6.54 Å². The van der Waals surface area contributed by atoms with Gasteiger partial charge in [-0.2, -0.15) is 5.10 Å². The second kappa shape index (κ2) is 5.03. The summed E-state index contributed by atoms with van der Waals surface area (Å²) in [4.78, 5) is 0. The summed E-state index contributed by atoms with van der Waals surface area (Å²) in [5.74, 6) is 1.37. The van der Waals surface area contributed by atoms with E-state index in [-0.39, 0.29) is 0 Å². The zero-order chi connectivity index (χ0) is 11.4. The van der Waals surface area contributed by atoms with Gasteiger partial charge < -0.3 is 10.5 Å². The van der Waals surface area contributed by atoms with E-state index in [1.54, 1.807) is 10.7 Å². The molecule has 0 unspecified atom stereocenters. The Balaban J connectivity index is 1.84.